The van der Waals surface area contributed by atoms with Crippen LogP contribution in [0.5, 0.6) is 0 Å². The first-order chi connectivity index (χ1) is 12.6. The molecule has 0 aliphatic heterocycles. The third kappa shape index (κ3) is 4.64. The molecule has 0 aliphatic rings. The summed E-state index contributed by atoms with van der Waals surface area (Å²) < 4.78 is 0. The molecule has 2 amide bonds. The van der Waals surface area contributed by atoms with Gasteiger partial charge in [0.2, 0.25) is 5.91 Å². The Bertz CT molecular complexity index is 949. The molecule has 0 unspecified atom stereocenters. The van der Waals surface area contributed by atoms with Crippen molar-refractivity contribution < 1.29 is 9.59 Å². The van der Waals surface area contributed by atoms with Crippen molar-refractivity contribution in [3.8, 4) is 0 Å². The highest BCUT2D eigenvalue weighted by molar-refractivity contribution is 7.07. The lowest BCUT2D eigenvalue weighted by Crippen LogP contribution is -2.17. The topological polar surface area (TPSA) is 71.1 Å². The molecule has 26 heavy (non-hydrogen) atoms. The van der Waals surface area contributed by atoms with Gasteiger partial charge in [-0.15, -0.1) is 11.3 Å². The molecule has 0 bridgehead atoms. The number of anilines is 2. The van der Waals surface area contributed by atoms with Gasteiger partial charge in [0.15, 0.2) is 0 Å². The van der Waals surface area contributed by atoms with Gasteiger partial charge in [0.25, 0.3) is 5.91 Å². The molecule has 0 spiro atoms. The standard InChI is InChI=1S/C20H17N3O2S/c1-14-5-4-6-15(11-14)22-20(25)17-7-2-3-8-18(17)23-19(24)10-9-16-12-26-13-21-16/h2-13H,1H3,(H,22,25)(H,23,24)/b10-9+. The van der Waals surface area contributed by atoms with Crippen molar-refractivity contribution >= 4 is 40.6 Å². The monoisotopic (exact) mass is 363 g/mol. The third-order valence-electron chi connectivity index (χ3n) is 3.56. The van der Waals surface area contributed by atoms with Crippen LogP contribution in [-0.4, -0.2) is 16.8 Å². The molecule has 0 saturated heterocycles. The van der Waals surface area contributed by atoms with Gasteiger partial charge in [-0.25, -0.2) is 4.98 Å². The number of amides is 2. The average molecular weight is 363 g/mol. The molecule has 5 nitrogen and oxygen atoms in total. The van der Waals surface area contributed by atoms with E-state index in [0.29, 0.717) is 16.9 Å². The molecular formula is C20H17N3O2S. The van der Waals surface area contributed by atoms with Crippen molar-refractivity contribution in [2.75, 3.05) is 10.6 Å². The van der Waals surface area contributed by atoms with Gasteiger partial charge in [-0.2, -0.15) is 0 Å². The molecule has 0 atom stereocenters. The van der Waals surface area contributed by atoms with Gasteiger partial charge in [0.05, 0.1) is 22.5 Å². The van der Waals surface area contributed by atoms with Crippen molar-refractivity contribution in [1.29, 1.82) is 0 Å². The van der Waals surface area contributed by atoms with E-state index in [1.54, 1.807) is 35.9 Å². The first-order valence-electron chi connectivity index (χ1n) is 7.96. The van der Waals surface area contributed by atoms with Crippen molar-refractivity contribution in [2.24, 2.45) is 0 Å². The number of aromatic nitrogens is 1. The number of hydrogen-bond acceptors (Lipinski definition) is 4. The zero-order valence-corrected chi connectivity index (χ0v) is 14.9. The van der Waals surface area contributed by atoms with Crippen LogP contribution in [0, 0.1) is 6.92 Å². The Morgan fingerprint density at radius 3 is 2.69 bits per heavy atom. The normalized spacial score (nSPS) is 10.7. The summed E-state index contributed by atoms with van der Waals surface area (Å²) in [6.07, 6.45) is 3.02. The number of para-hydroxylation sites is 1. The number of hydrogen-bond donors (Lipinski definition) is 2. The molecule has 6 heteroatoms. The van der Waals surface area contributed by atoms with Gasteiger partial charge in [-0.05, 0) is 42.8 Å². The predicted molar refractivity (Wildman–Crippen MR) is 105 cm³/mol. The second kappa shape index (κ2) is 8.22. The van der Waals surface area contributed by atoms with Gasteiger partial charge < -0.3 is 10.6 Å². The Morgan fingerprint density at radius 1 is 1.08 bits per heavy atom. The minimum Gasteiger partial charge on any atom is -0.322 e. The zero-order chi connectivity index (χ0) is 18.4. The quantitative estimate of drug-likeness (QED) is 0.662. The Hall–Kier alpha value is -3.25. The fourth-order valence-corrected chi connectivity index (χ4v) is 2.87. The molecule has 0 fully saturated rings. The minimum absolute atomic E-state index is 0.282. The van der Waals surface area contributed by atoms with E-state index in [0.717, 1.165) is 11.3 Å². The van der Waals surface area contributed by atoms with E-state index in [9.17, 15) is 9.59 Å². The van der Waals surface area contributed by atoms with Crippen molar-refractivity contribution in [2.45, 2.75) is 6.92 Å². The summed E-state index contributed by atoms with van der Waals surface area (Å²) in [6.45, 7) is 1.96. The molecule has 2 aromatic carbocycles. The van der Waals surface area contributed by atoms with Crippen LogP contribution < -0.4 is 10.6 Å². The molecule has 3 aromatic rings. The summed E-state index contributed by atoms with van der Waals surface area (Å²) in [5.41, 5.74) is 5.02. The maximum atomic E-state index is 12.6. The van der Waals surface area contributed by atoms with Crippen molar-refractivity contribution in [3.05, 3.63) is 82.3 Å². The number of rotatable bonds is 5. The van der Waals surface area contributed by atoms with Crippen LogP contribution in [0.1, 0.15) is 21.6 Å². The lowest BCUT2D eigenvalue weighted by Gasteiger charge is -2.11. The maximum Gasteiger partial charge on any atom is 0.257 e. The Morgan fingerprint density at radius 2 is 1.92 bits per heavy atom. The minimum atomic E-state index is -0.325. The lowest BCUT2D eigenvalue weighted by molar-refractivity contribution is -0.111. The molecular weight excluding hydrogens is 346 g/mol. The molecule has 0 radical (unpaired) electrons. The summed E-state index contributed by atoms with van der Waals surface area (Å²) in [7, 11) is 0. The number of nitrogens with zero attached hydrogens (tertiary/aromatic N) is 1. The first-order valence-corrected chi connectivity index (χ1v) is 8.90. The van der Waals surface area contributed by atoms with Gasteiger partial charge >= 0.3 is 0 Å². The second-order valence-corrected chi connectivity index (χ2v) is 6.32. The molecule has 1 aromatic heterocycles. The highest BCUT2D eigenvalue weighted by Crippen LogP contribution is 2.18. The first kappa shape index (κ1) is 17.6. The number of carbonyl (C=O) groups excluding carboxylic acids is 2. The molecule has 2 N–H and O–H groups in total. The number of nitrogens with one attached hydrogen (secondary N) is 2. The summed E-state index contributed by atoms with van der Waals surface area (Å²) in [6, 6.07) is 14.4. The van der Waals surface area contributed by atoms with E-state index < -0.39 is 0 Å². The van der Waals surface area contributed by atoms with Crippen molar-refractivity contribution in [1.82, 2.24) is 4.98 Å². The van der Waals surface area contributed by atoms with E-state index in [4.69, 9.17) is 0 Å². The molecule has 1 heterocycles. The molecule has 0 aliphatic carbocycles. The van der Waals surface area contributed by atoms with Gasteiger partial charge in [0, 0.05) is 17.1 Å². The van der Waals surface area contributed by atoms with Crippen LogP contribution in [0.2, 0.25) is 0 Å². The maximum absolute atomic E-state index is 12.6. The van der Waals surface area contributed by atoms with Crippen LogP contribution in [-0.2, 0) is 4.79 Å². The van der Waals surface area contributed by atoms with Crippen LogP contribution in [0.25, 0.3) is 6.08 Å². The second-order valence-electron chi connectivity index (χ2n) is 5.61. The lowest BCUT2D eigenvalue weighted by atomic mass is 10.1. The smallest absolute Gasteiger partial charge is 0.257 e. The average Bonchev–Trinajstić information content (AvgIpc) is 3.14. The summed E-state index contributed by atoms with van der Waals surface area (Å²) >= 11 is 1.46. The zero-order valence-electron chi connectivity index (χ0n) is 14.1. The fourth-order valence-electron chi connectivity index (χ4n) is 2.35. The highest BCUT2D eigenvalue weighted by atomic mass is 32.1. The van der Waals surface area contributed by atoms with Gasteiger partial charge in [-0.3, -0.25) is 9.59 Å². The van der Waals surface area contributed by atoms with E-state index in [2.05, 4.69) is 15.6 Å². The van der Waals surface area contributed by atoms with E-state index in [1.165, 1.54) is 17.4 Å². The predicted octanol–water partition coefficient (Wildman–Crippen LogP) is 4.36. The van der Waals surface area contributed by atoms with Crippen LogP contribution in [0.15, 0.2) is 65.5 Å². The van der Waals surface area contributed by atoms with Gasteiger partial charge in [-0.1, -0.05) is 24.3 Å². The summed E-state index contributed by atoms with van der Waals surface area (Å²) in [5.74, 6) is -0.608. The van der Waals surface area contributed by atoms with Crippen LogP contribution in [0.4, 0.5) is 11.4 Å². The van der Waals surface area contributed by atoms with E-state index >= 15 is 0 Å². The van der Waals surface area contributed by atoms with Gasteiger partial charge in [0.1, 0.15) is 0 Å². The molecule has 3 rings (SSSR count). The Kier molecular flexibility index (Phi) is 5.56. The molecule has 0 saturated carbocycles. The SMILES string of the molecule is Cc1cccc(NC(=O)c2ccccc2NC(=O)/C=C/c2cscn2)c1. The number of benzene rings is 2. The van der Waals surface area contributed by atoms with Crippen LogP contribution in [0.3, 0.4) is 0 Å². The van der Waals surface area contributed by atoms with E-state index in [-0.39, 0.29) is 11.8 Å². The number of aryl methyl sites for hydroxylation is 1. The Balaban J connectivity index is 1.73. The number of carbonyl (C=O) groups is 2. The third-order valence-corrected chi connectivity index (χ3v) is 4.17. The van der Waals surface area contributed by atoms with E-state index in [1.807, 2.05) is 36.6 Å². The summed E-state index contributed by atoms with van der Waals surface area (Å²) in [5, 5.41) is 7.43. The number of thiazole rings is 1. The van der Waals surface area contributed by atoms with Crippen LogP contribution >= 0.6 is 11.3 Å². The molecule has 130 valence electrons. The summed E-state index contributed by atoms with van der Waals surface area (Å²) in [4.78, 5) is 28.8. The van der Waals surface area contributed by atoms with Crippen molar-refractivity contribution in [3.63, 3.8) is 0 Å². The largest absolute Gasteiger partial charge is 0.322 e. The highest BCUT2D eigenvalue weighted by Gasteiger charge is 2.12. The Labute approximate surface area is 155 Å². The fraction of sp³-hybridized carbons (Fsp3) is 0.0500.